The molecule has 0 bridgehead atoms. The molecule has 0 aliphatic rings. The van der Waals surface area contributed by atoms with Gasteiger partial charge in [-0.1, -0.05) is 55.6 Å². The lowest BCUT2D eigenvalue weighted by Crippen LogP contribution is -1.84. The van der Waals surface area contributed by atoms with Crippen molar-refractivity contribution in [2.24, 2.45) is 0 Å². The van der Waals surface area contributed by atoms with Gasteiger partial charge in [0.1, 0.15) is 0 Å². The fraction of sp³-hybridized carbons (Fsp3) is 0.400. The van der Waals surface area contributed by atoms with Crippen molar-refractivity contribution in [3.63, 3.8) is 0 Å². The van der Waals surface area contributed by atoms with Gasteiger partial charge in [0.05, 0.1) is 0 Å². The van der Waals surface area contributed by atoms with E-state index in [2.05, 4.69) is 52.3 Å². The van der Waals surface area contributed by atoms with Gasteiger partial charge in [0, 0.05) is 5.03 Å². The smallest absolute Gasteiger partial charge is 0.0371 e. The molecule has 0 saturated heterocycles. The van der Waals surface area contributed by atoms with Gasteiger partial charge in [-0.05, 0) is 41.7 Å². The van der Waals surface area contributed by atoms with E-state index in [1.165, 1.54) is 10.1 Å². The summed E-state index contributed by atoms with van der Waals surface area (Å²) in [6.07, 6.45) is 1.87. The van der Waals surface area contributed by atoms with E-state index in [0.29, 0.717) is 5.03 Å². The van der Waals surface area contributed by atoms with Gasteiger partial charge in [-0.3, -0.25) is 0 Å². The first-order valence-electron chi connectivity index (χ1n) is 3.95. The molecule has 0 N–H and O–H groups in total. The summed E-state index contributed by atoms with van der Waals surface area (Å²) in [7, 11) is 0. The Hall–Kier alpha value is 0.470. The highest BCUT2D eigenvalue weighted by Crippen LogP contribution is 2.25. The van der Waals surface area contributed by atoms with Crippen molar-refractivity contribution in [3.8, 4) is 0 Å². The average Bonchev–Trinajstić information content (AvgIpc) is 2.04. The SMILES string of the molecule is C=C(Cl)C(=CBr)CCC(Br)=C(C)C. The number of hydrogen-bond donors (Lipinski definition) is 0. The molecule has 0 amide bonds. The largest absolute Gasteiger partial charge is 0.0847 e. The minimum atomic E-state index is 0.603. The van der Waals surface area contributed by atoms with Crippen LogP contribution in [0.5, 0.6) is 0 Å². The molecule has 0 aromatic heterocycles. The Bertz CT molecular complexity index is 248. The van der Waals surface area contributed by atoms with Crippen LogP contribution in [0.15, 0.2) is 32.2 Å². The molecule has 0 aliphatic heterocycles. The number of halogens is 3. The Morgan fingerprint density at radius 1 is 1.38 bits per heavy atom. The van der Waals surface area contributed by atoms with Crippen LogP contribution in [0.4, 0.5) is 0 Å². The van der Waals surface area contributed by atoms with Gasteiger partial charge in [0.2, 0.25) is 0 Å². The molecule has 0 nitrogen and oxygen atoms in total. The molecule has 0 atom stereocenters. The molecule has 0 rings (SSSR count). The summed E-state index contributed by atoms with van der Waals surface area (Å²) in [5, 5.41) is 0.603. The second kappa shape index (κ2) is 6.86. The summed E-state index contributed by atoms with van der Waals surface area (Å²) in [5.41, 5.74) is 2.34. The summed E-state index contributed by atoms with van der Waals surface area (Å²) in [4.78, 5) is 1.83. The molecule has 0 aromatic carbocycles. The van der Waals surface area contributed by atoms with E-state index in [1.54, 1.807) is 0 Å². The third kappa shape index (κ3) is 5.71. The predicted molar refractivity (Wildman–Crippen MR) is 68.5 cm³/mol. The van der Waals surface area contributed by atoms with E-state index < -0.39 is 0 Å². The van der Waals surface area contributed by atoms with Crippen LogP contribution in [-0.4, -0.2) is 0 Å². The van der Waals surface area contributed by atoms with Crippen LogP contribution < -0.4 is 0 Å². The van der Waals surface area contributed by atoms with Gasteiger partial charge >= 0.3 is 0 Å². The van der Waals surface area contributed by atoms with Crippen LogP contribution >= 0.6 is 43.5 Å². The van der Waals surface area contributed by atoms with Crippen molar-refractivity contribution in [3.05, 3.63) is 32.2 Å². The maximum atomic E-state index is 5.78. The van der Waals surface area contributed by atoms with Gasteiger partial charge in [-0.2, -0.15) is 0 Å². The highest BCUT2D eigenvalue weighted by atomic mass is 79.9. The highest BCUT2D eigenvalue weighted by Gasteiger charge is 2.01. The maximum Gasteiger partial charge on any atom is 0.0371 e. The van der Waals surface area contributed by atoms with Crippen LogP contribution in [0.1, 0.15) is 26.7 Å². The van der Waals surface area contributed by atoms with Crippen molar-refractivity contribution in [2.75, 3.05) is 0 Å². The first-order valence-corrected chi connectivity index (χ1v) is 6.03. The molecule has 0 aliphatic carbocycles. The van der Waals surface area contributed by atoms with Gasteiger partial charge < -0.3 is 0 Å². The zero-order valence-corrected chi connectivity index (χ0v) is 11.8. The fourth-order valence-electron chi connectivity index (χ4n) is 0.744. The zero-order chi connectivity index (χ0) is 10.4. The lowest BCUT2D eigenvalue weighted by atomic mass is 10.1. The normalized spacial score (nSPS) is 11.3. The Morgan fingerprint density at radius 2 is 1.92 bits per heavy atom. The summed E-state index contributed by atoms with van der Waals surface area (Å²) in [5.74, 6) is 0. The zero-order valence-electron chi connectivity index (χ0n) is 7.83. The second-order valence-electron chi connectivity index (χ2n) is 2.94. The molecule has 0 radical (unpaired) electrons. The van der Waals surface area contributed by atoms with Crippen molar-refractivity contribution in [1.82, 2.24) is 0 Å². The van der Waals surface area contributed by atoms with Crippen molar-refractivity contribution in [2.45, 2.75) is 26.7 Å². The molecule has 0 unspecified atom stereocenters. The van der Waals surface area contributed by atoms with E-state index in [9.17, 15) is 0 Å². The molecule has 0 heterocycles. The first-order chi connectivity index (χ1) is 5.99. The van der Waals surface area contributed by atoms with Crippen LogP contribution in [-0.2, 0) is 0 Å². The number of hydrogen-bond acceptors (Lipinski definition) is 0. The molecule has 0 aromatic rings. The minimum absolute atomic E-state index is 0.603. The quantitative estimate of drug-likeness (QED) is 0.599. The van der Waals surface area contributed by atoms with Crippen molar-refractivity contribution in [1.29, 1.82) is 0 Å². The standard InChI is InChI=1S/C10H13Br2Cl/c1-7(2)10(12)5-4-9(6-11)8(3)13/h6H,3-5H2,1-2H3. The molecule has 0 saturated carbocycles. The Kier molecular flexibility index (Phi) is 7.10. The van der Waals surface area contributed by atoms with Gasteiger partial charge in [0.15, 0.2) is 0 Å². The summed E-state index contributed by atoms with van der Waals surface area (Å²) in [6.45, 7) is 7.85. The third-order valence-corrected chi connectivity index (χ3v) is 3.62. The van der Waals surface area contributed by atoms with Crippen LogP contribution in [0.2, 0.25) is 0 Å². The van der Waals surface area contributed by atoms with E-state index >= 15 is 0 Å². The molecular formula is C10H13Br2Cl. The molecular weight excluding hydrogens is 315 g/mol. The number of rotatable bonds is 4. The van der Waals surface area contributed by atoms with Crippen LogP contribution in [0, 0.1) is 0 Å². The average molecular weight is 328 g/mol. The molecule has 74 valence electrons. The lowest BCUT2D eigenvalue weighted by molar-refractivity contribution is 0.983. The van der Waals surface area contributed by atoms with Crippen molar-refractivity contribution < 1.29 is 0 Å². The number of allylic oxidation sites excluding steroid dienone is 4. The third-order valence-electron chi connectivity index (χ3n) is 1.64. The molecule has 0 fully saturated rings. The Labute approximate surface area is 102 Å². The summed E-state index contributed by atoms with van der Waals surface area (Å²) >= 11 is 12.6. The van der Waals surface area contributed by atoms with Gasteiger partial charge in [-0.25, -0.2) is 0 Å². The molecule has 0 spiro atoms. The summed E-state index contributed by atoms with van der Waals surface area (Å²) in [6, 6.07) is 0. The van der Waals surface area contributed by atoms with Gasteiger partial charge in [0.25, 0.3) is 0 Å². The van der Waals surface area contributed by atoms with Gasteiger partial charge in [-0.15, -0.1) is 0 Å². The Morgan fingerprint density at radius 3 is 2.23 bits per heavy atom. The van der Waals surface area contributed by atoms with E-state index in [-0.39, 0.29) is 0 Å². The fourth-order valence-corrected chi connectivity index (χ4v) is 1.73. The van der Waals surface area contributed by atoms with Crippen LogP contribution in [0.3, 0.4) is 0 Å². The monoisotopic (exact) mass is 326 g/mol. The maximum absolute atomic E-state index is 5.78. The lowest BCUT2D eigenvalue weighted by Gasteiger charge is -2.04. The van der Waals surface area contributed by atoms with Crippen molar-refractivity contribution >= 4 is 43.5 Å². The topological polar surface area (TPSA) is 0 Å². The predicted octanol–water partition coefficient (Wildman–Crippen LogP) is 5.49. The second-order valence-corrected chi connectivity index (χ2v) is 4.82. The Balaban J connectivity index is 4.18. The molecule has 3 heteroatoms. The minimum Gasteiger partial charge on any atom is -0.0847 e. The summed E-state index contributed by atoms with van der Waals surface area (Å²) < 4.78 is 1.23. The highest BCUT2D eigenvalue weighted by molar-refractivity contribution is 9.11. The first kappa shape index (κ1) is 13.5. The molecule has 13 heavy (non-hydrogen) atoms. The van der Waals surface area contributed by atoms with Crippen LogP contribution in [0.25, 0.3) is 0 Å². The van der Waals surface area contributed by atoms with E-state index in [4.69, 9.17) is 11.6 Å². The van der Waals surface area contributed by atoms with E-state index in [0.717, 1.165) is 18.4 Å². The van der Waals surface area contributed by atoms with E-state index in [1.807, 2.05) is 4.99 Å².